The lowest BCUT2D eigenvalue weighted by molar-refractivity contribution is 0.388. The maximum Gasteiger partial charge on any atom is 0.240 e. The van der Waals surface area contributed by atoms with Crippen LogP contribution in [0.2, 0.25) is 5.02 Å². The van der Waals surface area contributed by atoms with E-state index in [9.17, 15) is 14.6 Å². The van der Waals surface area contributed by atoms with Crippen LogP contribution in [0, 0.1) is 11.6 Å². The van der Waals surface area contributed by atoms with Crippen LogP contribution in [0.4, 0.5) is 8.78 Å². The Labute approximate surface area is 179 Å². The lowest BCUT2D eigenvalue weighted by atomic mass is 9.99. The number of hydrogen-bond acceptors (Lipinski definition) is 3. The lowest BCUT2D eigenvalue weighted by Crippen LogP contribution is -2.01. The van der Waals surface area contributed by atoms with Gasteiger partial charge in [-0.1, -0.05) is 41.9 Å². The molecule has 0 aliphatic carbocycles. The van der Waals surface area contributed by atoms with Gasteiger partial charge < -0.3 is 15.2 Å². The van der Waals surface area contributed by atoms with Crippen molar-refractivity contribution in [3.63, 3.8) is 0 Å². The summed E-state index contributed by atoms with van der Waals surface area (Å²) in [4.78, 5) is 7.11. The highest BCUT2D eigenvalue weighted by atomic mass is 35.5. The van der Waals surface area contributed by atoms with E-state index in [1.54, 1.807) is 48.5 Å². The van der Waals surface area contributed by atoms with Gasteiger partial charge in [-0.05, 0) is 35.9 Å². The lowest BCUT2D eigenvalue weighted by Gasteiger charge is -2.14. The van der Waals surface area contributed by atoms with Crippen LogP contribution in [0.1, 0.15) is 0 Å². The molecular weight excluding hydrogens is 424 g/mol. The van der Waals surface area contributed by atoms with Crippen molar-refractivity contribution in [3.05, 3.63) is 83.6 Å². The first-order valence-electron chi connectivity index (χ1n) is 9.26. The Morgan fingerprint density at radius 2 is 1.71 bits per heavy atom. The molecule has 0 unspecified atom stereocenters. The van der Waals surface area contributed by atoms with Gasteiger partial charge in [0, 0.05) is 0 Å². The van der Waals surface area contributed by atoms with Crippen LogP contribution >= 0.6 is 11.6 Å². The molecule has 3 N–H and O–H groups in total. The smallest absolute Gasteiger partial charge is 0.240 e. The quantitative estimate of drug-likeness (QED) is 0.302. The van der Waals surface area contributed by atoms with E-state index in [1.165, 1.54) is 10.9 Å². The number of nitrogens with one attached hydrogen (secondary N) is 1. The molecule has 2 heterocycles. The number of halogens is 3. The Morgan fingerprint density at radius 1 is 0.935 bits per heavy atom. The summed E-state index contributed by atoms with van der Waals surface area (Å²) in [5, 5.41) is 21.4. The molecule has 8 heteroatoms. The van der Waals surface area contributed by atoms with Crippen molar-refractivity contribution in [3.8, 4) is 39.7 Å². The van der Waals surface area contributed by atoms with Crippen molar-refractivity contribution in [2.45, 2.75) is 0 Å². The van der Waals surface area contributed by atoms with Crippen LogP contribution in [0.25, 0.3) is 39.1 Å². The van der Waals surface area contributed by atoms with E-state index in [4.69, 9.17) is 11.6 Å². The monoisotopic (exact) mass is 437 g/mol. The minimum Gasteiger partial charge on any atom is -0.503 e. The summed E-state index contributed by atoms with van der Waals surface area (Å²) in [7, 11) is 0. The SMILES string of the molecule is Oc1c(-c2ccccc2)c(-c2c(F)ccc(Cl)c2F)n(-c2ccc3nc[nH]c3c2)c1O. The third kappa shape index (κ3) is 2.93. The van der Waals surface area contributed by atoms with E-state index in [0.29, 0.717) is 22.3 Å². The molecule has 5 aromatic rings. The van der Waals surface area contributed by atoms with Crippen molar-refractivity contribution in [2.75, 3.05) is 0 Å². The number of aromatic nitrogens is 3. The zero-order valence-corrected chi connectivity index (χ0v) is 16.5. The van der Waals surface area contributed by atoms with Gasteiger partial charge in [0.15, 0.2) is 11.6 Å². The number of hydrogen-bond donors (Lipinski definition) is 3. The van der Waals surface area contributed by atoms with Crippen LogP contribution < -0.4 is 0 Å². The fraction of sp³-hybridized carbons (Fsp3) is 0. The number of rotatable bonds is 3. The predicted molar refractivity (Wildman–Crippen MR) is 115 cm³/mol. The molecule has 3 aromatic carbocycles. The second-order valence-corrected chi connectivity index (χ2v) is 7.33. The van der Waals surface area contributed by atoms with E-state index in [2.05, 4.69) is 9.97 Å². The molecule has 0 fully saturated rings. The van der Waals surface area contributed by atoms with Gasteiger partial charge in [0.05, 0.1) is 44.9 Å². The molecule has 2 aromatic heterocycles. The van der Waals surface area contributed by atoms with Crippen LogP contribution in [0.3, 0.4) is 0 Å². The summed E-state index contributed by atoms with van der Waals surface area (Å²) in [6.45, 7) is 0. The van der Waals surface area contributed by atoms with Crippen LogP contribution in [0.15, 0.2) is 67.0 Å². The van der Waals surface area contributed by atoms with Gasteiger partial charge in [-0.25, -0.2) is 13.8 Å². The predicted octanol–water partition coefficient (Wildman–Crippen LogP) is 6.03. The van der Waals surface area contributed by atoms with Gasteiger partial charge in [0.2, 0.25) is 5.88 Å². The second-order valence-electron chi connectivity index (χ2n) is 6.92. The molecule has 0 saturated carbocycles. The van der Waals surface area contributed by atoms with Gasteiger partial charge in [-0.3, -0.25) is 4.57 Å². The zero-order chi connectivity index (χ0) is 21.7. The van der Waals surface area contributed by atoms with Crippen molar-refractivity contribution < 1.29 is 19.0 Å². The summed E-state index contributed by atoms with van der Waals surface area (Å²) in [5.74, 6) is -2.96. The Morgan fingerprint density at radius 3 is 2.48 bits per heavy atom. The average Bonchev–Trinajstić information content (AvgIpc) is 3.34. The van der Waals surface area contributed by atoms with E-state index < -0.39 is 28.8 Å². The minimum atomic E-state index is -1.000. The Kier molecular flexibility index (Phi) is 4.41. The summed E-state index contributed by atoms with van der Waals surface area (Å²) in [6.07, 6.45) is 1.51. The molecule has 0 bridgehead atoms. The highest BCUT2D eigenvalue weighted by Gasteiger charge is 2.30. The number of fused-ring (bicyclic) bond motifs is 1. The first-order valence-corrected chi connectivity index (χ1v) is 9.64. The molecule has 0 saturated heterocycles. The standard InChI is InChI=1S/C23H14ClF2N3O2/c24-14-7-8-15(25)19(20(14)26)21-18(12-4-2-1-3-5-12)22(30)23(31)29(21)13-6-9-16-17(10-13)28-11-27-16/h1-11,30-31H,(H,27,28). The molecule has 31 heavy (non-hydrogen) atoms. The maximum absolute atomic E-state index is 15.1. The Bertz CT molecular complexity index is 1440. The number of aromatic amines is 1. The van der Waals surface area contributed by atoms with Crippen molar-refractivity contribution in [1.82, 2.24) is 14.5 Å². The van der Waals surface area contributed by atoms with Crippen LogP contribution in [0.5, 0.6) is 11.6 Å². The Hall–Kier alpha value is -3.84. The van der Waals surface area contributed by atoms with Gasteiger partial charge in [-0.2, -0.15) is 0 Å². The van der Waals surface area contributed by atoms with Crippen molar-refractivity contribution >= 4 is 22.6 Å². The molecular formula is C23H14ClF2N3O2. The minimum absolute atomic E-state index is 0.0717. The van der Waals surface area contributed by atoms with Gasteiger partial charge in [-0.15, -0.1) is 0 Å². The molecule has 5 nitrogen and oxygen atoms in total. The largest absolute Gasteiger partial charge is 0.503 e. The van der Waals surface area contributed by atoms with E-state index in [0.717, 1.165) is 12.1 Å². The first kappa shape index (κ1) is 19.1. The number of nitrogens with zero attached hydrogens (tertiary/aromatic N) is 2. The van der Waals surface area contributed by atoms with Crippen molar-refractivity contribution in [1.29, 1.82) is 0 Å². The zero-order valence-electron chi connectivity index (χ0n) is 15.8. The summed E-state index contributed by atoms with van der Waals surface area (Å²) in [6, 6.07) is 15.7. The van der Waals surface area contributed by atoms with Gasteiger partial charge in [0.1, 0.15) is 5.82 Å². The summed E-state index contributed by atoms with van der Waals surface area (Å²) < 4.78 is 31.3. The molecule has 154 valence electrons. The van der Waals surface area contributed by atoms with Gasteiger partial charge in [0.25, 0.3) is 0 Å². The van der Waals surface area contributed by atoms with E-state index in [1.807, 2.05) is 0 Å². The highest BCUT2D eigenvalue weighted by Crippen LogP contribution is 2.50. The fourth-order valence-corrected chi connectivity index (χ4v) is 3.88. The molecule has 0 aliphatic heterocycles. The topological polar surface area (TPSA) is 74.1 Å². The second kappa shape index (κ2) is 7.14. The Balaban J connectivity index is 1.93. The number of aromatic hydroxyl groups is 2. The average molecular weight is 438 g/mol. The third-order valence-corrected chi connectivity index (χ3v) is 5.42. The normalized spacial score (nSPS) is 11.3. The first-order chi connectivity index (χ1) is 15.0. The number of H-pyrrole nitrogens is 1. The third-order valence-electron chi connectivity index (χ3n) is 5.13. The number of imidazole rings is 1. The highest BCUT2D eigenvalue weighted by molar-refractivity contribution is 6.31. The fourth-order valence-electron chi connectivity index (χ4n) is 3.72. The van der Waals surface area contributed by atoms with Crippen molar-refractivity contribution in [2.24, 2.45) is 0 Å². The molecule has 5 rings (SSSR count). The van der Waals surface area contributed by atoms with E-state index >= 15 is 4.39 Å². The van der Waals surface area contributed by atoms with Crippen LogP contribution in [-0.4, -0.2) is 24.7 Å². The number of benzene rings is 3. The maximum atomic E-state index is 15.1. The molecule has 0 spiro atoms. The molecule has 0 amide bonds. The van der Waals surface area contributed by atoms with Crippen LogP contribution in [-0.2, 0) is 0 Å². The molecule has 0 aliphatic rings. The molecule has 0 radical (unpaired) electrons. The molecule has 0 atom stereocenters. The van der Waals surface area contributed by atoms with E-state index in [-0.39, 0.29) is 16.3 Å². The summed E-state index contributed by atoms with van der Waals surface area (Å²) in [5.41, 5.74) is 1.67. The van der Waals surface area contributed by atoms with Gasteiger partial charge >= 0.3 is 0 Å². The summed E-state index contributed by atoms with van der Waals surface area (Å²) >= 11 is 5.95.